The van der Waals surface area contributed by atoms with Crippen LogP contribution < -0.4 is 19.5 Å². The molecule has 0 unspecified atom stereocenters. The van der Waals surface area contributed by atoms with Gasteiger partial charge in [0.2, 0.25) is 0 Å². The lowest BCUT2D eigenvalue weighted by molar-refractivity contribution is -0.118. The summed E-state index contributed by atoms with van der Waals surface area (Å²) in [5.41, 5.74) is 1.77. The maximum absolute atomic E-state index is 12.2. The van der Waals surface area contributed by atoms with Gasteiger partial charge in [-0.1, -0.05) is 25.1 Å². The van der Waals surface area contributed by atoms with Crippen LogP contribution in [0.3, 0.4) is 0 Å². The van der Waals surface area contributed by atoms with Crippen LogP contribution in [-0.4, -0.2) is 18.3 Å². The fraction of sp³-hybridized carbons (Fsp3) is 0.381. The Balaban J connectivity index is 1.37. The molecule has 0 atom stereocenters. The minimum atomic E-state index is -0.488. The van der Waals surface area contributed by atoms with E-state index in [1.165, 1.54) is 0 Å². The number of carbonyl (C=O) groups excluding carboxylic acids is 1. The molecule has 2 aromatic carbocycles. The maximum Gasteiger partial charge on any atom is 0.262 e. The first-order valence-corrected chi connectivity index (χ1v) is 9.20. The Morgan fingerprint density at radius 1 is 1.12 bits per heavy atom. The molecule has 1 spiro atoms. The zero-order chi connectivity index (χ0) is 18.0. The van der Waals surface area contributed by atoms with Gasteiger partial charge in [0.15, 0.2) is 18.1 Å². The van der Waals surface area contributed by atoms with E-state index in [-0.39, 0.29) is 12.5 Å². The van der Waals surface area contributed by atoms with Crippen LogP contribution in [-0.2, 0) is 11.2 Å². The highest BCUT2D eigenvalue weighted by Gasteiger charge is 2.44. The van der Waals surface area contributed by atoms with Crippen molar-refractivity contribution in [1.82, 2.24) is 0 Å². The van der Waals surface area contributed by atoms with Gasteiger partial charge in [-0.25, -0.2) is 0 Å². The van der Waals surface area contributed by atoms with Gasteiger partial charge in [-0.15, -0.1) is 0 Å². The Morgan fingerprint density at radius 2 is 1.88 bits per heavy atom. The Hall–Kier alpha value is -2.69. The molecular weight excluding hydrogens is 330 g/mol. The van der Waals surface area contributed by atoms with Crippen LogP contribution in [0.15, 0.2) is 42.5 Å². The third kappa shape index (κ3) is 3.34. The van der Waals surface area contributed by atoms with Crippen molar-refractivity contribution in [2.75, 3.05) is 11.9 Å². The third-order valence-corrected chi connectivity index (χ3v) is 4.90. The number of para-hydroxylation sites is 1. The van der Waals surface area contributed by atoms with Gasteiger partial charge in [-0.2, -0.15) is 0 Å². The maximum atomic E-state index is 12.2. The van der Waals surface area contributed by atoms with Crippen molar-refractivity contribution in [3.05, 3.63) is 48.0 Å². The summed E-state index contributed by atoms with van der Waals surface area (Å²) in [7, 11) is 0. The molecule has 4 rings (SSSR count). The largest absolute Gasteiger partial charge is 0.483 e. The molecule has 1 amide bonds. The fourth-order valence-electron chi connectivity index (χ4n) is 3.57. The molecule has 1 aliphatic carbocycles. The van der Waals surface area contributed by atoms with Crippen molar-refractivity contribution in [3.8, 4) is 17.2 Å². The van der Waals surface area contributed by atoms with Gasteiger partial charge < -0.3 is 19.5 Å². The highest BCUT2D eigenvalue weighted by atomic mass is 16.7. The van der Waals surface area contributed by atoms with Gasteiger partial charge >= 0.3 is 0 Å². The average molecular weight is 353 g/mol. The predicted molar refractivity (Wildman–Crippen MR) is 98.8 cm³/mol. The smallest absolute Gasteiger partial charge is 0.262 e. The molecular formula is C21H23NO4. The molecule has 0 radical (unpaired) electrons. The van der Waals surface area contributed by atoms with Gasteiger partial charge in [0, 0.05) is 24.6 Å². The van der Waals surface area contributed by atoms with E-state index < -0.39 is 5.79 Å². The van der Waals surface area contributed by atoms with Crippen molar-refractivity contribution in [2.45, 2.75) is 44.8 Å². The number of carbonyl (C=O) groups is 1. The summed E-state index contributed by atoms with van der Waals surface area (Å²) in [5.74, 6) is 1.50. The predicted octanol–water partition coefficient (Wildman–Crippen LogP) is 4.31. The van der Waals surface area contributed by atoms with Crippen LogP contribution in [0, 0.1) is 0 Å². The van der Waals surface area contributed by atoms with E-state index >= 15 is 0 Å². The quantitative estimate of drug-likeness (QED) is 0.870. The Morgan fingerprint density at radius 3 is 2.69 bits per heavy atom. The van der Waals surface area contributed by atoms with Crippen molar-refractivity contribution in [1.29, 1.82) is 0 Å². The van der Waals surface area contributed by atoms with Gasteiger partial charge in [0.05, 0.1) is 0 Å². The van der Waals surface area contributed by atoms with Gasteiger partial charge in [0.25, 0.3) is 11.7 Å². The van der Waals surface area contributed by atoms with Crippen molar-refractivity contribution >= 4 is 11.6 Å². The van der Waals surface area contributed by atoms with Crippen LogP contribution in [0.2, 0.25) is 0 Å². The van der Waals surface area contributed by atoms with Crippen molar-refractivity contribution in [3.63, 3.8) is 0 Å². The highest BCUT2D eigenvalue weighted by molar-refractivity contribution is 5.92. The molecule has 2 aromatic rings. The van der Waals surface area contributed by atoms with Crippen LogP contribution in [0.1, 0.15) is 38.2 Å². The first kappa shape index (κ1) is 16.8. The summed E-state index contributed by atoms with van der Waals surface area (Å²) >= 11 is 0. The first-order chi connectivity index (χ1) is 12.7. The Labute approximate surface area is 153 Å². The molecule has 2 aliphatic rings. The second kappa shape index (κ2) is 6.90. The molecule has 5 nitrogen and oxygen atoms in total. The first-order valence-electron chi connectivity index (χ1n) is 9.20. The molecule has 1 N–H and O–H groups in total. The normalized spacial score (nSPS) is 16.7. The second-order valence-electron chi connectivity index (χ2n) is 6.78. The Kier molecular flexibility index (Phi) is 4.45. The number of ether oxygens (including phenoxy) is 3. The lowest BCUT2D eigenvalue weighted by Gasteiger charge is -2.21. The number of nitrogens with one attached hydrogen (secondary N) is 1. The fourth-order valence-corrected chi connectivity index (χ4v) is 3.57. The van der Waals surface area contributed by atoms with Gasteiger partial charge in [-0.05, 0) is 43.0 Å². The summed E-state index contributed by atoms with van der Waals surface area (Å²) in [4.78, 5) is 12.2. The number of rotatable bonds is 5. The van der Waals surface area contributed by atoms with Crippen LogP contribution >= 0.6 is 0 Å². The summed E-state index contributed by atoms with van der Waals surface area (Å²) < 4.78 is 17.7. The van der Waals surface area contributed by atoms with E-state index in [2.05, 4.69) is 12.2 Å². The zero-order valence-corrected chi connectivity index (χ0v) is 14.9. The van der Waals surface area contributed by atoms with Crippen LogP contribution in [0.4, 0.5) is 5.69 Å². The number of anilines is 1. The summed E-state index contributed by atoms with van der Waals surface area (Å²) in [6, 6.07) is 13.3. The molecule has 1 heterocycles. The number of hydrogen-bond acceptors (Lipinski definition) is 4. The molecule has 5 heteroatoms. The lowest BCUT2D eigenvalue weighted by Crippen LogP contribution is -2.34. The molecule has 1 saturated carbocycles. The average Bonchev–Trinajstić information content (AvgIpc) is 3.25. The highest BCUT2D eigenvalue weighted by Crippen LogP contribution is 2.47. The SMILES string of the molecule is CCc1ccccc1OCC(=O)Nc1ccc2c(c1)OC1(CCCC1)O2. The second-order valence-corrected chi connectivity index (χ2v) is 6.78. The van der Waals surface area contributed by atoms with Gasteiger partial charge in [0.1, 0.15) is 5.75 Å². The van der Waals surface area contributed by atoms with E-state index in [0.29, 0.717) is 11.4 Å². The molecule has 0 saturated heterocycles. The van der Waals surface area contributed by atoms with E-state index in [9.17, 15) is 4.79 Å². The number of hydrogen-bond donors (Lipinski definition) is 1. The van der Waals surface area contributed by atoms with E-state index in [1.54, 1.807) is 0 Å². The lowest BCUT2D eigenvalue weighted by atomic mass is 10.1. The minimum Gasteiger partial charge on any atom is -0.483 e. The standard InChI is InChI=1S/C21H23NO4/c1-2-15-7-3-4-8-17(15)24-14-20(23)22-16-9-10-18-19(13-16)26-21(25-18)11-5-6-12-21/h3-4,7-10,13H,2,5-6,11-12,14H2,1H3,(H,22,23). The summed E-state index contributed by atoms with van der Waals surface area (Å²) in [5, 5.41) is 2.86. The molecule has 0 bridgehead atoms. The number of benzene rings is 2. The topological polar surface area (TPSA) is 56.8 Å². The molecule has 1 aliphatic heterocycles. The van der Waals surface area contributed by atoms with E-state index in [4.69, 9.17) is 14.2 Å². The summed E-state index contributed by atoms with van der Waals surface area (Å²) in [6.07, 6.45) is 4.92. The molecule has 1 fully saturated rings. The van der Waals surface area contributed by atoms with Crippen LogP contribution in [0.25, 0.3) is 0 Å². The van der Waals surface area contributed by atoms with Crippen molar-refractivity contribution < 1.29 is 19.0 Å². The molecule has 0 aromatic heterocycles. The van der Waals surface area contributed by atoms with Gasteiger partial charge in [-0.3, -0.25) is 4.79 Å². The number of aryl methyl sites for hydroxylation is 1. The Bertz CT molecular complexity index is 811. The zero-order valence-electron chi connectivity index (χ0n) is 14.9. The monoisotopic (exact) mass is 353 g/mol. The summed E-state index contributed by atoms with van der Waals surface area (Å²) in [6.45, 7) is 2.03. The molecule has 26 heavy (non-hydrogen) atoms. The third-order valence-electron chi connectivity index (χ3n) is 4.90. The number of fused-ring (bicyclic) bond motifs is 1. The minimum absolute atomic E-state index is 0.0323. The molecule has 136 valence electrons. The van der Waals surface area contributed by atoms with E-state index in [1.807, 2.05) is 42.5 Å². The van der Waals surface area contributed by atoms with Crippen LogP contribution in [0.5, 0.6) is 17.2 Å². The van der Waals surface area contributed by atoms with Crippen molar-refractivity contribution in [2.24, 2.45) is 0 Å². The number of amides is 1. The van der Waals surface area contributed by atoms with E-state index in [0.717, 1.165) is 49.2 Å².